The van der Waals surface area contributed by atoms with Crippen LogP contribution in [0.15, 0.2) is 0 Å². The van der Waals surface area contributed by atoms with Gasteiger partial charge in [0, 0.05) is 6.54 Å². The second-order valence-electron chi connectivity index (χ2n) is 6.81. The zero-order valence-corrected chi connectivity index (χ0v) is 13.9. The maximum absolute atomic E-state index is 12.9. The number of hydrogen-bond donors (Lipinski definition) is 3. The maximum atomic E-state index is 12.9. The largest absolute Gasteiger partial charge is 0.390 e. The van der Waals surface area contributed by atoms with Crippen LogP contribution in [0.5, 0.6) is 0 Å². The number of piperazine rings is 1. The maximum Gasteiger partial charge on any atom is 0.248 e. The van der Waals surface area contributed by atoms with Crippen molar-refractivity contribution in [3.63, 3.8) is 0 Å². The number of rotatable bonds is 5. The van der Waals surface area contributed by atoms with Crippen LogP contribution in [-0.4, -0.2) is 59.1 Å². The first-order valence-electron chi connectivity index (χ1n) is 8.45. The third kappa shape index (κ3) is 2.99. The summed E-state index contributed by atoms with van der Waals surface area (Å²) in [6.07, 6.45) is 2.27. The van der Waals surface area contributed by atoms with Crippen LogP contribution in [0, 0.1) is 5.92 Å². The minimum atomic E-state index is -0.848. The molecule has 0 aromatic heterocycles. The number of aliphatic hydroxyl groups is 1. The Morgan fingerprint density at radius 3 is 2.50 bits per heavy atom. The van der Waals surface area contributed by atoms with E-state index in [4.69, 9.17) is 0 Å². The van der Waals surface area contributed by atoms with Gasteiger partial charge in [-0.1, -0.05) is 27.2 Å². The fraction of sp³-hybridized carbons (Fsp3) is 0.875. The molecule has 2 rings (SSSR count). The molecule has 2 aliphatic rings. The standard InChI is InChI=1S/C16H29N3O3/c1-4-5-10-19-14(21)12(13(20)11(2)3)18-15(22)16(19)6-8-17-9-7-16/h11-13,17,20H,4-10H2,1-3H3,(H,18,22)/t12-,13+/m0/s1. The van der Waals surface area contributed by atoms with Gasteiger partial charge in [-0.3, -0.25) is 9.59 Å². The fourth-order valence-electron chi connectivity index (χ4n) is 3.43. The van der Waals surface area contributed by atoms with Crippen molar-refractivity contribution in [2.24, 2.45) is 5.92 Å². The SMILES string of the molecule is CCCCN1C(=O)[C@H]([C@H](O)C(C)C)NC(=O)C12CCNCC2. The Hall–Kier alpha value is -1.14. The zero-order chi connectivity index (χ0) is 16.3. The average Bonchev–Trinajstić information content (AvgIpc) is 2.51. The molecule has 2 fully saturated rings. The molecule has 2 amide bonds. The van der Waals surface area contributed by atoms with Crippen LogP contribution < -0.4 is 10.6 Å². The van der Waals surface area contributed by atoms with Gasteiger partial charge in [-0.2, -0.15) is 0 Å². The Morgan fingerprint density at radius 2 is 1.95 bits per heavy atom. The van der Waals surface area contributed by atoms with E-state index >= 15 is 0 Å². The summed E-state index contributed by atoms with van der Waals surface area (Å²) in [5.74, 6) is -0.310. The molecule has 0 aromatic rings. The summed E-state index contributed by atoms with van der Waals surface area (Å²) in [5.41, 5.74) is -0.731. The molecule has 0 bridgehead atoms. The molecular weight excluding hydrogens is 282 g/mol. The highest BCUT2D eigenvalue weighted by molar-refractivity contribution is 6.00. The number of unbranched alkanes of at least 4 members (excludes halogenated alkanes) is 1. The van der Waals surface area contributed by atoms with Crippen molar-refractivity contribution in [1.29, 1.82) is 0 Å². The van der Waals surface area contributed by atoms with Crippen molar-refractivity contribution in [2.75, 3.05) is 19.6 Å². The van der Waals surface area contributed by atoms with Crippen LogP contribution in [0.25, 0.3) is 0 Å². The first-order chi connectivity index (χ1) is 10.4. The topological polar surface area (TPSA) is 81.7 Å². The third-order valence-electron chi connectivity index (χ3n) is 4.95. The minimum absolute atomic E-state index is 0.0793. The molecule has 0 unspecified atom stereocenters. The highest BCUT2D eigenvalue weighted by Crippen LogP contribution is 2.32. The van der Waals surface area contributed by atoms with Gasteiger partial charge in [-0.25, -0.2) is 0 Å². The van der Waals surface area contributed by atoms with Crippen LogP contribution in [0.1, 0.15) is 46.5 Å². The monoisotopic (exact) mass is 311 g/mol. The molecule has 1 spiro atoms. The van der Waals surface area contributed by atoms with Crippen molar-refractivity contribution < 1.29 is 14.7 Å². The first-order valence-corrected chi connectivity index (χ1v) is 8.45. The zero-order valence-electron chi connectivity index (χ0n) is 13.9. The Bertz CT molecular complexity index is 419. The number of carbonyl (C=O) groups is 2. The van der Waals surface area contributed by atoms with Gasteiger partial charge in [0.25, 0.3) is 0 Å². The lowest BCUT2D eigenvalue weighted by molar-refractivity contribution is -0.163. The number of hydrogen-bond acceptors (Lipinski definition) is 4. The number of carbonyl (C=O) groups excluding carboxylic acids is 2. The van der Waals surface area contributed by atoms with E-state index in [1.165, 1.54) is 0 Å². The summed E-state index contributed by atoms with van der Waals surface area (Å²) >= 11 is 0. The quantitative estimate of drug-likeness (QED) is 0.680. The minimum Gasteiger partial charge on any atom is -0.390 e. The lowest BCUT2D eigenvalue weighted by Gasteiger charge is -2.51. The van der Waals surface area contributed by atoms with Gasteiger partial charge in [0.2, 0.25) is 11.8 Å². The molecule has 6 nitrogen and oxygen atoms in total. The molecule has 0 aliphatic carbocycles. The highest BCUT2D eigenvalue weighted by atomic mass is 16.3. The van der Waals surface area contributed by atoms with Gasteiger partial charge in [-0.05, 0) is 38.3 Å². The molecule has 0 saturated carbocycles. The van der Waals surface area contributed by atoms with Gasteiger partial charge in [0.1, 0.15) is 11.6 Å². The van der Waals surface area contributed by atoms with Crippen molar-refractivity contribution in [3.8, 4) is 0 Å². The van der Waals surface area contributed by atoms with Gasteiger partial charge in [0.05, 0.1) is 6.10 Å². The van der Waals surface area contributed by atoms with Crippen LogP contribution >= 0.6 is 0 Å². The molecule has 2 atom stereocenters. The van der Waals surface area contributed by atoms with Crippen LogP contribution in [-0.2, 0) is 9.59 Å². The first kappa shape index (κ1) is 17.2. The number of nitrogens with one attached hydrogen (secondary N) is 2. The van der Waals surface area contributed by atoms with Crippen molar-refractivity contribution in [3.05, 3.63) is 0 Å². The van der Waals surface area contributed by atoms with E-state index < -0.39 is 17.7 Å². The van der Waals surface area contributed by atoms with Crippen molar-refractivity contribution >= 4 is 11.8 Å². The van der Waals surface area contributed by atoms with Gasteiger partial charge >= 0.3 is 0 Å². The lowest BCUT2D eigenvalue weighted by Crippen LogP contribution is -2.74. The Morgan fingerprint density at radius 1 is 1.32 bits per heavy atom. The van der Waals surface area contributed by atoms with E-state index in [-0.39, 0.29) is 17.7 Å². The van der Waals surface area contributed by atoms with Crippen molar-refractivity contribution in [2.45, 2.75) is 64.1 Å². The molecule has 2 heterocycles. The normalized spacial score (nSPS) is 26.4. The highest BCUT2D eigenvalue weighted by Gasteiger charge is 2.53. The molecule has 22 heavy (non-hydrogen) atoms. The molecule has 3 N–H and O–H groups in total. The molecular formula is C16H29N3O3. The van der Waals surface area contributed by atoms with E-state index in [0.717, 1.165) is 25.9 Å². The predicted octanol–water partition coefficient (Wildman–Crippen LogP) is 0.253. The van der Waals surface area contributed by atoms with Gasteiger partial charge in [-0.15, -0.1) is 0 Å². The molecule has 6 heteroatoms. The van der Waals surface area contributed by atoms with Gasteiger partial charge in [0.15, 0.2) is 0 Å². The molecule has 2 aliphatic heterocycles. The van der Waals surface area contributed by atoms with Gasteiger partial charge < -0.3 is 20.6 Å². The number of aliphatic hydroxyl groups excluding tert-OH is 1. The second kappa shape index (κ2) is 6.96. The summed E-state index contributed by atoms with van der Waals surface area (Å²) in [4.78, 5) is 27.5. The lowest BCUT2D eigenvalue weighted by atomic mass is 9.81. The molecule has 2 saturated heterocycles. The smallest absolute Gasteiger partial charge is 0.248 e. The van der Waals surface area contributed by atoms with Crippen LogP contribution in [0.3, 0.4) is 0 Å². The fourth-order valence-corrected chi connectivity index (χ4v) is 3.43. The number of piperidine rings is 1. The van der Waals surface area contributed by atoms with Crippen LogP contribution in [0.2, 0.25) is 0 Å². The summed E-state index contributed by atoms with van der Waals surface area (Å²) in [6.45, 7) is 7.85. The average molecular weight is 311 g/mol. The molecule has 126 valence electrons. The van der Waals surface area contributed by atoms with E-state index in [1.807, 2.05) is 13.8 Å². The summed E-state index contributed by atoms with van der Waals surface area (Å²) < 4.78 is 0. The predicted molar refractivity (Wildman–Crippen MR) is 84.2 cm³/mol. The number of nitrogens with zero attached hydrogens (tertiary/aromatic N) is 1. The van der Waals surface area contributed by atoms with E-state index in [0.29, 0.717) is 19.4 Å². The summed E-state index contributed by atoms with van der Waals surface area (Å²) in [7, 11) is 0. The molecule has 0 radical (unpaired) electrons. The second-order valence-corrected chi connectivity index (χ2v) is 6.81. The van der Waals surface area contributed by atoms with E-state index in [9.17, 15) is 14.7 Å². The van der Waals surface area contributed by atoms with E-state index in [2.05, 4.69) is 17.6 Å². The third-order valence-corrected chi connectivity index (χ3v) is 4.95. The Labute approximate surface area is 132 Å². The summed E-state index contributed by atoms with van der Waals surface area (Å²) in [6, 6.07) is -0.815. The number of amides is 2. The van der Waals surface area contributed by atoms with Crippen molar-refractivity contribution in [1.82, 2.24) is 15.5 Å². The van der Waals surface area contributed by atoms with Crippen LogP contribution in [0.4, 0.5) is 0 Å². The summed E-state index contributed by atoms with van der Waals surface area (Å²) in [5, 5.41) is 16.4. The molecule has 0 aromatic carbocycles. The Balaban J connectivity index is 2.29. The Kier molecular flexibility index (Phi) is 5.45. The van der Waals surface area contributed by atoms with E-state index in [1.54, 1.807) is 4.90 Å².